The average Bonchev–Trinajstić information content (AvgIpc) is 3.34. The summed E-state index contributed by atoms with van der Waals surface area (Å²) in [7, 11) is 0. The van der Waals surface area contributed by atoms with Crippen LogP contribution in [0.5, 0.6) is 0 Å². The second-order valence-electron chi connectivity index (χ2n) is 13.2. The quantitative estimate of drug-likeness (QED) is 0.00973. The number of rotatable bonds is 20. The van der Waals surface area contributed by atoms with Gasteiger partial charge in [-0.25, -0.2) is 4.79 Å². The second-order valence-corrected chi connectivity index (χ2v) is 13.2. The molecule has 30 heteroatoms. The maximum atomic E-state index is 10.8. The van der Waals surface area contributed by atoms with Crippen molar-refractivity contribution >= 4 is 99.8 Å². The molecule has 0 amide bonds. The van der Waals surface area contributed by atoms with Crippen molar-refractivity contribution < 1.29 is 244 Å². The van der Waals surface area contributed by atoms with Gasteiger partial charge in [-0.15, -0.1) is 0 Å². The number of hydrogen-bond donors (Lipinski definition) is 3. The van der Waals surface area contributed by atoms with E-state index in [1.807, 2.05) is 4.93 Å². The Morgan fingerprint density at radius 2 is 1.15 bits per heavy atom. The van der Waals surface area contributed by atoms with Gasteiger partial charge in [-0.2, -0.15) is 0 Å². The predicted molar refractivity (Wildman–Crippen MR) is 245 cm³/mol. The van der Waals surface area contributed by atoms with Crippen LogP contribution in [0.25, 0.3) is 0 Å². The minimum Gasteiger partial charge on any atom is -1.00 e. The Labute approximate surface area is 534 Å². The Balaban J connectivity index is -0.0000000531. The molecule has 0 radical (unpaired) electrons. The van der Waals surface area contributed by atoms with Crippen LogP contribution in [0.3, 0.4) is 0 Å². The molecule has 0 saturated heterocycles. The SMILES string of the molecule is CCOC(=O)C(C)(O)C(C)=O.CCOC(=O)C(C)C(C)=O.CCOC(=O)CC(C)=O.CI.O=CO[O-].[2H]C(C)(C)C(=O)C(=O)[O-].[2H]N([2H])[C@]([2H])(C(=O)[O-])C([2H])(C)C.[2H]O.[2H]O.[2H]OC(C)(C(C)=O)C(=O)[O-].[2H][C@H](C(=O)[O-])C(C)C.[H-].[K+].[K+]. The van der Waals surface area contributed by atoms with Crippen LogP contribution in [-0.4, -0.2) is 142 Å². The molecule has 3 unspecified atom stereocenters. The molecule has 0 aromatic rings. The maximum absolute atomic E-state index is 10.8. The van der Waals surface area contributed by atoms with Gasteiger partial charge in [-0.05, 0) is 92.4 Å². The van der Waals surface area contributed by atoms with E-state index in [0.29, 0.717) is 13.2 Å². The molecule has 0 spiro atoms. The predicted octanol–water partition coefficient (Wildman–Crippen LogP) is -11.3. The van der Waals surface area contributed by atoms with Crippen molar-refractivity contribution in [2.45, 2.75) is 141 Å². The first-order valence-corrected chi connectivity index (χ1v) is 21.3. The molecule has 0 bridgehead atoms. The van der Waals surface area contributed by atoms with Crippen LogP contribution in [-0.2, 0) is 81.4 Å². The van der Waals surface area contributed by atoms with E-state index in [1.165, 1.54) is 27.7 Å². The molecule has 27 nitrogen and oxygen atoms in total. The fourth-order valence-electron chi connectivity index (χ4n) is 2.09. The summed E-state index contributed by atoms with van der Waals surface area (Å²) in [6.07, 6.45) is -1.18. The average molecular weight is 1230 g/mol. The number of carboxylic acid groups (broad SMARTS) is 4. The third kappa shape index (κ3) is 74.4. The number of Topliss-reactive ketones (excluding diaryl/α,β-unsaturated/α-hetero) is 5. The van der Waals surface area contributed by atoms with Crippen molar-refractivity contribution in [2.75, 3.05) is 24.8 Å². The summed E-state index contributed by atoms with van der Waals surface area (Å²) in [6.45, 7) is 22.2. The number of ketones is 5. The summed E-state index contributed by atoms with van der Waals surface area (Å²) in [5, 5.41) is 61.4. The van der Waals surface area contributed by atoms with Gasteiger partial charge in [0.1, 0.15) is 32.7 Å². The molecule has 0 aromatic carbocycles. The molecule has 0 aliphatic rings. The number of alkyl halides is 1. The summed E-state index contributed by atoms with van der Waals surface area (Å²) in [5.74, 6) is -15.5. The van der Waals surface area contributed by atoms with E-state index in [1.54, 1.807) is 41.5 Å². The minimum atomic E-state index is -2.67. The molecule has 418 valence electrons. The van der Waals surface area contributed by atoms with E-state index < -0.39 is 100 Å². The number of esters is 3. The van der Waals surface area contributed by atoms with Crippen LogP contribution in [0.1, 0.15) is 133 Å². The van der Waals surface area contributed by atoms with Gasteiger partial charge < -0.3 is 92.3 Å². The Morgan fingerprint density at radius 1 is 0.778 bits per heavy atom. The number of carbonyl (C=O) groups is 13. The number of carboxylic acids is 4. The monoisotopic (exact) mass is 1220 g/mol. The second kappa shape index (κ2) is 63.2. The number of halogens is 1. The zero-order valence-corrected chi connectivity index (χ0v) is 52.6. The molecule has 0 rings (SSSR count). The fourth-order valence-corrected chi connectivity index (χ4v) is 2.09. The largest absolute Gasteiger partial charge is 1.00 e. The number of hydrogen-bond acceptors (Lipinski definition) is 25. The zero-order chi connectivity index (χ0) is 66.8. The number of aliphatic carboxylic acids is 4. The van der Waals surface area contributed by atoms with Crippen LogP contribution in [0.4, 0.5) is 0 Å². The van der Waals surface area contributed by atoms with Crippen LogP contribution in [0, 0.1) is 23.6 Å². The summed E-state index contributed by atoms with van der Waals surface area (Å²) >= 11 is 2.15. The zero-order valence-electron chi connectivity index (χ0n) is 54.2. The summed E-state index contributed by atoms with van der Waals surface area (Å²) < 4.78 is 70.9. The topological polar surface area (TPSA) is 504 Å². The van der Waals surface area contributed by atoms with E-state index in [0.717, 1.165) is 41.5 Å². The first-order valence-electron chi connectivity index (χ1n) is 23.4. The van der Waals surface area contributed by atoms with Gasteiger partial charge in [0.05, 0.1) is 33.1 Å². The van der Waals surface area contributed by atoms with Crippen LogP contribution in [0.2, 0.25) is 2.82 Å². The van der Waals surface area contributed by atoms with E-state index in [-0.39, 0.29) is 147 Å². The van der Waals surface area contributed by atoms with Crippen molar-refractivity contribution in [1.29, 1.82) is 1.43 Å². The standard InChI is InChI=1S/C7H12O4.C7H12O3.C6H10O3.C5H11NO2.C5H8O4.C5H8O3.C5H10O2.CH3I.CH2O3.2K.2H2O.H/c1-4-11-6(9)7(3,10)5(2)8;1-4-10-7(9)5(2)6(3)8;1-3-9-6(8)4-5(2)7;1-3(2)4(6)5(7)8;1-3(6)5(2,9)4(7)8;1-3(2)4(6)5(7)8;1-4(2)3-5(6)7;1-2;2-1-4-3;;;;;/h10H,4H2,1-3H3;5H,4H2,1-3H3;3-4H2,1-2H3;3-4H,6H2,1-2H3,(H,7,8);9H,1-2H3,(H,7,8);3H,1-2H3,(H,7,8);4H,3H2,1-2H3,(H,6,7);1H3;1,3H;;;2*1H2;/q;;;;;;;;;2*+1;;;-1/p-5/t;;;4-;;;;;;;;;;/m...0........../s1/i;;;3D,4D;9D;2*3D;;;;;;;/hD4/t;;;m;;;3-;;;;;;;/m...0..0......./s1. The molecule has 0 heterocycles. The molecule has 8 N–H and O–H groups in total. The minimum absolute atomic E-state index is 0. The molecule has 0 saturated carbocycles. The van der Waals surface area contributed by atoms with Crippen molar-refractivity contribution in [1.82, 2.24) is 0 Å². The Kier molecular flexibility index (Phi) is 67.0. The van der Waals surface area contributed by atoms with Crippen LogP contribution < -0.4 is 134 Å². The molecule has 0 aliphatic carbocycles. The normalized spacial score (nSPS) is 13.9. The first-order chi connectivity index (χ1) is 35.6. The van der Waals surface area contributed by atoms with Gasteiger partial charge in [-0.1, -0.05) is 64.1 Å². The Bertz CT molecular complexity index is 1800. The Morgan fingerprint density at radius 3 is 1.28 bits per heavy atom. The molecule has 0 aliphatic heterocycles. The first kappa shape index (κ1) is 76.4. The van der Waals surface area contributed by atoms with Crippen LogP contribution in [0.15, 0.2) is 0 Å². The fraction of sp³-hybridized carbons (Fsp3) is 0.690. The maximum Gasteiger partial charge on any atom is 1.00 e. The van der Waals surface area contributed by atoms with E-state index in [9.17, 15) is 78.0 Å². The van der Waals surface area contributed by atoms with Gasteiger partial charge in [-0.3, -0.25) is 38.4 Å². The van der Waals surface area contributed by atoms with Gasteiger partial charge in [0.2, 0.25) is 9.89 Å². The smallest absolute Gasteiger partial charge is 1.00 e. The molecule has 0 fully saturated rings. The molecule has 0 aromatic heterocycles. The molecular formula is C42H76IK2NO26-4. The van der Waals surface area contributed by atoms with Crippen LogP contribution >= 0.6 is 22.6 Å². The molecule has 72 heavy (non-hydrogen) atoms. The van der Waals surface area contributed by atoms with E-state index in [4.69, 9.17) is 38.7 Å². The molecule has 5 atom stereocenters. The third-order valence-electron chi connectivity index (χ3n) is 6.18. The van der Waals surface area contributed by atoms with Crippen molar-refractivity contribution in [3.63, 3.8) is 0 Å². The van der Waals surface area contributed by atoms with Gasteiger partial charge >= 0.3 is 121 Å². The van der Waals surface area contributed by atoms with Gasteiger partial charge in [0.25, 0.3) is 6.47 Å². The molecular weight excluding hydrogens is 1140 g/mol. The van der Waals surface area contributed by atoms with E-state index in [2.05, 4.69) is 46.8 Å². The number of carbonyl (C=O) groups excluding carboxylic acids is 13. The Hall–Kier alpha value is -2.13. The summed E-state index contributed by atoms with van der Waals surface area (Å²) in [4.78, 5) is 138. The number of aliphatic hydroxyl groups is 2. The van der Waals surface area contributed by atoms with Crippen molar-refractivity contribution in [2.24, 2.45) is 29.3 Å². The number of ether oxygens (including phenoxy) is 3. The van der Waals surface area contributed by atoms with Crippen molar-refractivity contribution in [3.05, 3.63) is 0 Å². The van der Waals surface area contributed by atoms with E-state index >= 15 is 0 Å². The summed E-state index contributed by atoms with van der Waals surface area (Å²) in [5.41, 5.74) is 8.05. The summed E-state index contributed by atoms with van der Waals surface area (Å²) in [6, 6.07) is -2.67. The van der Waals surface area contributed by atoms with Gasteiger partial charge in [0.15, 0.2) is 23.0 Å². The van der Waals surface area contributed by atoms with Gasteiger partial charge in [0, 0.05) is 22.0 Å². The third-order valence-corrected chi connectivity index (χ3v) is 6.18. The number of nitrogens with two attached hydrogens (primary N) is 1. The van der Waals surface area contributed by atoms with Crippen molar-refractivity contribution in [3.8, 4) is 0 Å².